The molecule has 0 spiro atoms. The van der Waals surface area contributed by atoms with E-state index in [0.717, 1.165) is 0 Å². The summed E-state index contributed by atoms with van der Waals surface area (Å²) in [6.07, 6.45) is -0.254. The van der Waals surface area contributed by atoms with Crippen LogP contribution < -0.4 is 0 Å². The van der Waals surface area contributed by atoms with Crippen molar-refractivity contribution in [1.29, 1.82) is 0 Å². The predicted molar refractivity (Wildman–Crippen MR) is 64.3 cm³/mol. The van der Waals surface area contributed by atoms with Gasteiger partial charge in [-0.05, 0) is 18.4 Å². The molecule has 1 nitrogen and oxygen atoms in total. The number of benzene rings is 1. The first-order valence-corrected chi connectivity index (χ1v) is 5.74. The summed E-state index contributed by atoms with van der Waals surface area (Å²) < 4.78 is 0.278. The molecule has 2 heteroatoms. The van der Waals surface area contributed by atoms with E-state index in [4.69, 9.17) is 0 Å². The van der Waals surface area contributed by atoms with Crippen molar-refractivity contribution in [2.24, 2.45) is 0 Å². The standard InChI is InChI=1S/C11H15IO/c1-8(11(12)9(2)13)10-6-4-3-5-7-10/h3-9,11,13H,1-2H3/t8-,9+,11+/m1/s1. The van der Waals surface area contributed by atoms with Gasteiger partial charge < -0.3 is 5.11 Å². The van der Waals surface area contributed by atoms with Gasteiger partial charge in [0.25, 0.3) is 0 Å². The first-order chi connectivity index (χ1) is 6.13. The van der Waals surface area contributed by atoms with Crippen LogP contribution in [0.25, 0.3) is 0 Å². The number of halogens is 1. The molecule has 0 aromatic heterocycles. The Kier molecular flexibility index (Phi) is 4.19. The van der Waals surface area contributed by atoms with E-state index in [1.54, 1.807) is 0 Å². The average molecular weight is 290 g/mol. The van der Waals surface area contributed by atoms with Crippen LogP contribution in [0, 0.1) is 0 Å². The summed E-state index contributed by atoms with van der Waals surface area (Å²) in [6.45, 7) is 4.00. The fourth-order valence-electron chi connectivity index (χ4n) is 1.36. The van der Waals surface area contributed by atoms with Crippen molar-refractivity contribution in [2.75, 3.05) is 0 Å². The molecule has 0 heterocycles. The summed E-state index contributed by atoms with van der Waals surface area (Å²) >= 11 is 2.31. The van der Waals surface area contributed by atoms with Gasteiger partial charge in [0.1, 0.15) is 0 Å². The highest BCUT2D eigenvalue weighted by atomic mass is 127. The molecule has 0 aliphatic rings. The van der Waals surface area contributed by atoms with Crippen LogP contribution in [0.3, 0.4) is 0 Å². The molecule has 0 aliphatic heterocycles. The minimum atomic E-state index is -0.254. The lowest BCUT2D eigenvalue weighted by Crippen LogP contribution is -2.22. The monoisotopic (exact) mass is 290 g/mol. The van der Waals surface area contributed by atoms with Crippen LogP contribution >= 0.6 is 22.6 Å². The third-order valence-electron chi connectivity index (χ3n) is 2.26. The van der Waals surface area contributed by atoms with E-state index in [1.165, 1.54) is 5.56 Å². The summed E-state index contributed by atoms with van der Waals surface area (Å²) in [6, 6.07) is 10.3. The van der Waals surface area contributed by atoms with Crippen LogP contribution in [-0.4, -0.2) is 15.1 Å². The SMILES string of the molecule is C[C@H](O)[C@@H](I)[C@H](C)c1ccccc1. The summed E-state index contributed by atoms with van der Waals surface area (Å²) in [7, 11) is 0. The fourth-order valence-corrected chi connectivity index (χ4v) is 1.77. The van der Waals surface area contributed by atoms with Crippen molar-refractivity contribution in [3.63, 3.8) is 0 Å². The Morgan fingerprint density at radius 2 is 1.69 bits per heavy atom. The van der Waals surface area contributed by atoms with E-state index < -0.39 is 0 Å². The van der Waals surface area contributed by atoms with E-state index in [2.05, 4.69) is 41.6 Å². The topological polar surface area (TPSA) is 20.2 Å². The zero-order valence-corrected chi connectivity index (χ0v) is 10.1. The molecule has 0 amide bonds. The first kappa shape index (κ1) is 11.0. The molecule has 0 saturated heterocycles. The third kappa shape index (κ3) is 2.95. The third-order valence-corrected chi connectivity index (χ3v) is 4.38. The van der Waals surface area contributed by atoms with E-state index >= 15 is 0 Å². The Morgan fingerprint density at radius 1 is 1.15 bits per heavy atom. The van der Waals surface area contributed by atoms with Crippen LogP contribution in [0.4, 0.5) is 0 Å². The number of alkyl halides is 1. The van der Waals surface area contributed by atoms with Gasteiger partial charge in [-0.15, -0.1) is 0 Å². The molecule has 3 atom stereocenters. The zero-order chi connectivity index (χ0) is 9.84. The van der Waals surface area contributed by atoms with Crippen molar-refractivity contribution < 1.29 is 5.11 Å². The maximum atomic E-state index is 9.45. The van der Waals surface area contributed by atoms with Crippen LogP contribution in [0.15, 0.2) is 30.3 Å². The lowest BCUT2D eigenvalue weighted by molar-refractivity contribution is 0.188. The van der Waals surface area contributed by atoms with Crippen molar-refractivity contribution in [2.45, 2.75) is 29.8 Å². The second kappa shape index (κ2) is 4.96. The Morgan fingerprint density at radius 3 is 2.15 bits per heavy atom. The molecule has 0 aliphatic carbocycles. The minimum absolute atomic E-state index is 0.254. The van der Waals surface area contributed by atoms with Crippen LogP contribution in [0.5, 0.6) is 0 Å². The summed E-state index contributed by atoms with van der Waals surface area (Å²) in [4.78, 5) is 0. The molecular weight excluding hydrogens is 275 g/mol. The number of hydrogen-bond acceptors (Lipinski definition) is 1. The van der Waals surface area contributed by atoms with Crippen LogP contribution in [0.1, 0.15) is 25.3 Å². The van der Waals surface area contributed by atoms with Crippen molar-refractivity contribution in [3.05, 3.63) is 35.9 Å². The number of aliphatic hydroxyl groups excluding tert-OH is 1. The van der Waals surface area contributed by atoms with Gasteiger partial charge in [0.15, 0.2) is 0 Å². The Hall–Kier alpha value is -0.0900. The lowest BCUT2D eigenvalue weighted by atomic mass is 9.96. The highest BCUT2D eigenvalue weighted by Crippen LogP contribution is 2.26. The molecule has 72 valence electrons. The van der Waals surface area contributed by atoms with E-state index in [9.17, 15) is 5.11 Å². The quantitative estimate of drug-likeness (QED) is 0.670. The van der Waals surface area contributed by atoms with E-state index in [0.29, 0.717) is 5.92 Å². The Labute approximate surface area is 93.3 Å². The van der Waals surface area contributed by atoms with Gasteiger partial charge in [-0.1, -0.05) is 59.8 Å². The van der Waals surface area contributed by atoms with Crippen molar-refractivity contribution >= 4 is 22.6 Å². The van der Waals surface area contributed by atoms with Gasteiger partial charge in [-0.3, -0.25) is 0 Å². The minimum Gasteiger partial charge on any atom is -0.392 e. The molecule has 0 bridgehead atoms. The Bertz CT molecular complexity index is 246. The molecule has 0 unspecified atom stereocenters. The maximum absolute atomic E-state index is 9.45. The zero-order valence-electron chi connectivity index (χ0n) is 7.94. The molecule has 0 radical (unpaired) electrons. The number of rotatable bonds is 3. The van der Waals surface area contributed by atoms with Crippen molar-refractivity contribution in [3.8, 4) is 0 Å². The van der Waals surface area contributed by atoms with Crippen molar-refractivity contribution in [1.82, 2.24) is 0 Å². The average Bonchev–Trinajstić information content (AvgIpc) is 2.17. The molecule has 1 aromatic carbocycles. The maximum Gasteiger partial charge on any atom is 0.0635 e. The largest absolute Gasteiger partial charge is 0.392 e. The van der Waals surface area contributed by atoms with E-state index in [-0.39, 0.29) is 10.0 Å². The van der Waals surface area contributed by atoms with Gasteiger partial charge in [-0.25, -0.2) is 0 Å². The normalized spacial score (nSPS) is 17.8. The fraction of sp³-hybridized carbons (Fsp3) is 0.455. The lowest BCUT2D eigenvalue weighted by Gasteiger charge is -2.21. The molecule has 0 fully saturated rings. The predicted octanol–water partition coefficient (Wildman–Crippen LogP) is 2.97. The number of hydrogen-bond donors (Lipinski definition) is 1. The second-order valence-electron chi connectivity index (χ2n) is 3.38. The van der Waals surface area contributed by atoms with Gasteiger partial charge in [0, 0.05) is 3.92 Å². The van der Waals surface area contributed by atoms with Gasteiger partial charge in [0.2, 0.25) is 0 Å². The van der Waals surface area contributed by atoms with Crippen LogP contribution in [0.2, 0.25) is 0 Å². The van der Waals surface area contributed by atoms with Gasteiger partial charge in [0.05, 0.1) is 6.10 Å². The highest BCUT2D eigenvalue weighted by Gasteiger charge is 2.19. The molecule has 1 rings (SSSR count). The number of aliphatic hydroxyl groups is 1. The Balaban J connectivity index is 2.73. The summed E-state index contributed by atoms with van der Waals surface area (Å²) in [5.41, 5.74) is 1.29. The molecule has 1 aromatic rings. The molecule has 13 heavy (non-hydrogen) atoms. The van der Waals surface area contributed by atoms with Crippen LogP contribution in [-0.2, 0) is 0 Å². The molecular formula is C11H15IO. The molecule has 0 saturated carbocycles. The van der Waals surface area contributed by atoms with E-state index in [1.807, 2.05) is 25.1 Å². The summed E-state index contributed by atoms with van der Waals surface area (Å²) in [5.74, 6) is 0.404. The second-order valence-corrected chi connectivity index (χ2v) is 4.82. The highest BCUT2D eigenvalue weighted by molar-refractivity contribution is 14.1. The molecule has 1 N–H and O–H groups in total. The van der Waals surface area contributed by atoms with Gasteiger partial charge >= 0.3 is 0 Å². The summed E-state index contributed by atoms with van der Waals surface area (Å²) in [5, 5.41) is 9.45. The smallest absolute Gasteiger partial charge is 0.0635 e. The first-order valence-electron chi connectivity index (χ1n) is 4.50. The van der Waals surface area contributed by atoms with Gasteiger partial charge in [-0.2, -0.15) is 0 Å².